The maximum atomic E-state index is 5.27. The molecular weight excluding hydrogens is 148 g/mol. The number of terminal acetylenes is 1. The first kappa shape index (κ1) is 8.67. The molecule has 0 unspecified atom stereocenters. The molecule has 0 aliphatic carbocycles. The van der Waals surface area contributed by atoms with Crippen molar-refractivity contribution in [2.45, 2.75) is 20.3 Å². The minimum absolute atomic E-state index is 0.638. The van der Waals surface area contributed by atoms with Gasteiger partial charge in [0, 0.05) is 12.0 Å². The molecule has 0 aromatic heterocycles. The van der Waals surface area contributed by atoms with Gasteiger partial charge in [-0.15, -0.1) is 6.42 Å². The summed E-state index contributed by atoms with van der Waals surface area (Å²) in [6, 6.07) is 0. The van der Waals surface area contributed by atoms with Gasteiger partial charge in [0.15, 0.2) is 5.76 Å². The molecule has 0 aromatic rings. The van der Waals surface area contributed by atoms with Gasteiger partial charge in [-0.05, 0) is 25.3 Å². The Balaban J connectivity index is 2.90. The minimum Gasteiger partial charge on any atom is -0.456 e. The van der Waals surface area contributed by atoms with Crippen molar-refractivity contribution in [1.29, 1.82) is 0 Å². The predicted octanol–water partition coefficient (Wildman–Crippen LogP) is 2.77. The molecule has 1 aliphatic heterocycles. The number of hydrogen-bond donors (Lipinski definition) is 0. The second-order valence-electron chi connectivity index (χ2n) is 2.76. The largest absolute Gasteiger partial charge is 0.456 e. The topological polar surface area (TPSA) is 9.23 Å². The summed E-state index contributed by atoms with van der Waals surface area (Å²) < 4.78 is 5.23. The molecule has 1 heteroatoms. The molecular formula is C11H12O. The highest BCUT2D eigenvalue weighted by Gasteiger charge is 2.08. The minimum atomic E-state index is 0.638. The summed E-state index contributed by atoms with van der Waals surface area (Å²) in [4.78, 5) is 0. The van der Waals surface area contributed by atoms with Gasteiger partial charge in [0.25, 0.3) is 0 Å². The van der Waals surface area contributed by atoms with Crippen LogP contribution in [-0.4, -0.2) is 0 Å². The summed E-state index contributed by atoms with van der Waals surface area (Å²) in [5.74, 6) is 3.16. The van der Waals surface area contributed by atoms with Crippen LogP contribution in [0.2, 0.25) is 0 Å². The smallest absolute Gasteiger partial charge is 0.179 e. The standard InChI is InChI=1S/C11H12O/c1-4-6-10-7-9(3)8-12-11(10)5-2/h2,4,6,8H,7H2,1,3H3/b6-4-. The Morgan fingerprint density at radius 1 is 1.67 bits per heavy atom. The maximum Gasteiger partial charge on any atom is 0.179 e. The number of ether oxygens (including phenoxy) is 1. The molecule has 0 bridgehead atoms. The van der Waals surface area contributed by atoms with E-state index in [2.05, 4.69) is 5.92 Å². The first-order valence-corrected chi connectivity index (χ1v) is 3.92. The molecule has 0 fully saturated rings. The number of hydrogen-bond acceptors (Lipinski definition) is 1. The lowest BCUT2D eigenvalue weighted by Gasteiger charge is -2.12. The van der Waals surface area contributed by atoms with Crippen molar-refractivity contribution in [2.24, 2.45) is 0 Å². The van der Waals surface area contributed by atoms with Crippen molar-refractivity contribution < 1.29 is 4.74 Å². The van der Waals surface area contributed by atoms with Gasteiger partial charge >= 0.3 is 0 Å². The van der Waals surface area contributed by atoms with E-state index in [9.17, 15) is 0 Å². The van der Waals surface area contributed by atoms with Gasteiger partial charge in [-0.25, -0.2) is 0 Å². The SMILES string of the molecule is C#CC1=C(/C=C\C)CC(C)=CO1. The van der Waals surface area contributed by atoms with Crippen LogP contribution in [0.1, 0.15) is 20.3 Å². The van der Waals surface area contributed by atoms with Gasteiger partial charge in [0.1, 0.15) is 0 Å². The Morgan fingerprint density at radius 2 is 2.42 bits per heavy atom. The lowest BCUT2D eigenvalue weighted by atomic mass is 10.0. The molecule has 1 nitrogen and oxygen atoms in total. The van der Waals surface area contributed by atoms with Crippen molar-refractivity contribution in [3.8, 4) is 12.3 Å². The zero-order valence-electron chi connectivity index (χ0n) is 7.42. The van der Waals surface area contributed by atoms with Gasteiger partial charge in [0.05, 0.1) is 6.26 Å². The third kappa shape index (κ3) is 1.79. The summed E-state index contributed by atoms with van der Waals surface area (Å²) in [5, 5.41) is 0. The quantitative estimate of drug-likeness (QED) is 0.536. The van der Waals surface area contributed by atoms with Crippen molar-refractivity contribution in [3.05, 3.63) is 35.3 Å². The Hall–Kier alpha value is -1.42. The van der Waals surface area contributed by atoms with E-state index in [-0.39, 0.29) is 0 Å². The van der Waals surface area contributed by atoms with Crippen LogP contribution in [-0.2, 0) is 4.74 Å². The predicted molar refractivity (Wildman–Crippen MR) is 50.1 cm³/mol. The van der Waals surface area contributed by atoms with Crippen molar-refractivity contribution in [2.75, 3.05) is 0 Å². The van der Waals surface area contributed by atoms with Crippen LogP contribution in [0, 0.1) is 12.3 Å². The van der Waals surface area contributed by atoms with Crippen LogP contribution in [0.3, 0.4) is 0 Å². The first-order chi connectivity index (χ1) is 5.77. The number of rotatable bonds is 1. The van der Waals surface area contributed by atoms with Crippen molar-refractivity contribution >= 4 is 0 Å². The van der Waals surface area contributed by atoms with Gasteiger partial charge in [-0.2, -0.15) is 0 Å². The van der Waals surface area contributed by atoms with Crippen LogP contribution < -0.4 is 0 Å². The molecule has 1 rings (SSSR count). The third-order valence-electron chi connectivity index (χ3n) is 1.64. The number of allylic oxidation sites excluding steroid dienone is 5. The second-order valence-corrected chi connectivity index (χ2v) is 2.76. The summed E-state index contributed by atoms with van der Waals surface area (Å²) in [6.45, 7) is 3.99. The van der Waals surface area contributed by atoms with E-state index in [1.54, 1.807) is 6.26 Å². The molecule has 0 spiro atoms. The summed E-state index contributed by atoms with van der Waals surface area (Å²) in [5.41, 5.74) is 2.28. The molecule has 0 atom stereocenters. The highest BCUT2D eigenvalue weighted by atomic mass is 16.5. The third-order valence-corrected chi connectivity index (χ3v) is 1.64. The molecule has 12 heavy (non-hydrogen) atoms. The summed E-state index contributed by atoms with van der Waals surface area (Å²) >= 11 is 0. The van der Waals surface area contributed by atoms with Crippen molar-refractivity contribution in [3.63, 3.8) is 0 Å². The Kier molecular flexibility index (Phi) is 2.76. The fourth-order valence-electron chi connectivity index (χ4n) is 1.12. The molecule has 1 heterocycles. The molecule has 0 radical (unpaired) electrons. The van der Waals surface area contributed by atoms with Gasteiger partial charge in [-0.1, -0.05) is 12.2 Å². The zero-order valence-corrected chi connectivity index (χ0v) is 7.42. The van der Waals surface area contributed by atoms with Crippen LogP contribution in [0.25, 0.3) is 0 Å². The Labute approximate surface area is 73.4 Å². The molecule has 0 aromatic carbocycles. The van der Waals surface area contributed by atoms with Gasteiger partial charge < -0.3 is 4.74 Å². The lowest BCUT2D eigenvalue weighted by molar-refractivity contribution is 0.354. The average molecular weight is 160 g/mol. The summed E-state index contributed by atoms with van der Waals surface area (Å²) in [7, 11) is 0. The average Bonchev–Trinajstić information content (AvgIpc) is 2.05. The molecule has 1 aliphatic rings. The normalized spacial score (nSPS) is 17.2. The molecule has 0 N–H and O–H groups in total. The first-order valence-electron chi connectivity index (χ1n) is 3.92. The Morgan fingerprint density at radius 3 is 3.00 bits per heavy atom. The highest BCUT2D eigenvalue weighted by Crippen LogP contribution is 2.22. The van der Waals surface area contributed by atoms with Gasteiger partial charge in [-0.3, -0.25) is 0 Å². The zero-order chi connectivity index (χ0) is 8.97. The summed E-state index contributed by atoms with van der Waals surface area (Å²) in [6.07, 6.45) is 11.8. The van der Waals surface area contributed by atoms with Crippen LogP contribution in [0.4, 0.5) is 0 Å². The van der Waals surface area contributed by atoms with E-state index in [1.807, 2.05) is 26.0 Å². The van der Waals surface area contributed by atoms with Gasteiger partial charge in [0.2, 0.25) is 0 Å². The monoisotopic (exact) mass is 160 g/mol. The Bertz CT molecular complexity index is 297. The van der Waals surface area contributed by atoms with E-state index < -0.39 is 0 Å². The fourth-order valence-corrected chi connectivity index (χ4v) is 1.12. The van der Waals surface area contributed by atoms with E-state index in [1.165, 1.54) is 5.57 Å². The van der Waals surface area contributed by atoms with E-state index in [4.69, 9.17) is 11.2 Å². The molecule has 0 saturated heterocycles. The maximum absolute atomic E-state index is 5.27. The lowest BCUT2D eigenvalue weighted by Crippen LogP contribution is -1.97. The van der Waals surface area contributed by atoms with Crippen molar-refractivity contribution in [1.82, 2.24) is 0 Å². The van der Waals surface area contributed by atoms with Crippen LogP contribution in [0.15, 0.2) is 35.3 Å². The highest BCUT2D eigenvalue weighted by molar-refractivity contribution is 5.38. The van der Waals surface area contributed by atoms with E-state index >= 15 is 0 Å². The molecule has 0 amide bonds. The van der Waals surface area contributed by atoms with E-state index in [0.717, 1.165) is 12.0 Å². The molecule has 0 saturated carbocycles. The van der Waals surface area contributed by atoms with Crippen LogP contribution >= 0.6 is 0 Å². The fraction of sp³-hybridized carbons (Fsp3) is 0.273. The van der Waals surface area contributed by atoms with Crippen LogP contribution in [0.5, 0.6) is 0 Å². The second kappa shape index (κ2) is 3.82. The van der Waals surface area contributed by atoms with E-state index in [0.29, 0.717) is 5.76 Å². The molecule has 62 valence electrons.